The first-order chi connectivity index (χ1) is 12.1. The Balaban J connectivity index is 1.43. The van der Waals surface area contributed by atoms with Gasteiger partial charge in [0.1, 0.15) is 0 Å². The van der Waals surface area contributed by atoms with Crippen molar-refractivity contribution in [1.29, 1.82) is 0 Å². The highest BCUT2D eigenvalue weighted by Crippen LogP contribution is 2.28. The molecule has 3 N–H and O–H groups in total. The van der Waals surface area contributed by atoms with E-state index in [1.54, 1.807) is 30.3 Å². The molecular weight excluding hydrogens is 338 g/mol. The summed E-state index contributed by atoms with van der Waals surface area (Å²) < 4.78 is 0. The summed E-state index contributed by atoms with van der Waals surface area (Å²) in [6.07, 6.45) is 1.93. The summed E-state index contributed by atoms with van der Waals surface area (Å²) in [5.74, 6) is -0.136. The van der Waals surface area contributed by atoms with Gasteiger partial charge >= 0.3 is 0 Å². The van der Waals surface area contributed by atoms with Crippen LogP contribution in [0, 0.1) is 5.92 Å². The van der Waals surface area contributed by atoms with Gasteiger partial charge < -0.3 is 16.0 Å². The summed E-state index contributed by atoms with van der Waals surface area (Å²) in [7, 11) is 0. The Labute approximate surface area is 149 Å². The third kappa shape index (κ3) is 4.90. The lowest BCUT2D eigenvalue weighted by atomic mass is 10.2. The van der Waals surface area contributed by atoms with Gasteiger partial charge in [-0.3, -0.25) is 14.4 Å². The van der Waals surface area contributed by atoms with Gasteiger partial charge in [0, 0.05) is 30.3 Å². The van der Waals surface area contributed by atoms with Crippen LogP contribution < -0.4 is 16.0 Å². The molecule has 0 saturated heterocycles. The second-order valence-electron chi connectivity index (χ2n) is 5.83. The molecule has 0 bridgehead atoms. The maximum Gasteiger partial charge on any atom is 0.265 e. The molecule has 1 aliphatic carbocycles. The van der Waals surface area contributed by atoms with Gasteiger partial charge in [-0.25, -0.2) is 0 Å². The van der Waals surface area contributed by atoms with Crippen LogP contribution in [-0.2, 0) is 4.79 Å². The first-order valence-electron chi connectivity index (χ1n) is 8.14. The molecule has 0 aliphatic heterocycles. The van der Waals surface area contributed by atoms with Crippen LogP contribution in [0.5, 0.6) is 0 Å². The summed E-state index contributed by atoms with van der Waals surface area (Å²) in [5.41, 5.74) is 1.13. The first kappa shape index (κ1) is 17.2. The SMILES string of the molecule is O=C(NCCNC(=O)C1CC1)c1ccc(NC(=O)c2cccs2)cc1. The molecular formula is C18H19N3O3S. The Bertz CT molecular complexity index is 752. The van der Waals surface area contributed by atoms with E-state index in [4.69, 9.17) is 0 Å². The molecule has 1 fully saturated rings. The van der Waals surface area contributed by atoms with Crippen molar-refractivity contribution in [3.05, 3.63) is 52.2 Å². The molecule has 0 radical (unpaired) electrons. The van der Waals surface area contributed by atoms with E-state index in [1.165, 1.54) is 11.3 Å². The van der Waals surface area contributed by atoms with Crippen molar-refractivity contribution >= 4 is 34.7 Å². The number of amides is 3. The molecule has 7 heteroatoms. The minimum Gasteiger partial charge on any atom is -0.354 e. The van der Waals surface area contributed by atoms with Crippen molar-refractivity contribution in [2.75, 3.05) is 18.4 Å². The van der Waals surface area contributed by atoms with Crippen molar-refractivity contribution in [3.8, 4) is 0 Å². The fraction of sp³-hybridized carbons (Fsp3) is 0.278. The lowest BCUT2D eigenvalue weighted by molar-refractivity contribution is -0.122. The molecule has 1 heterocycles. The van der Waals surface area contributed by atoms with Crippen molar-refractivity contribution in [2.24, 2.45) is 5.92 Å². The van der Waals surface area contributed by atoms with E-state index in [2.05, 4.69) is 16.0 Å². The summed E-state index contributed by atoms with van der Waals surface area (Å²) in [5, 5.41) is 10.2. The third-order valence-corrected chi connectivity index (χ3v) is 4.68. The van der Waals surface area contributed by atoms with Gasteiger partial charge in [-0.2, -0.15) is 0 Å². The highest BCUT2D eigenvalue weighted by atomic mass is 32.1. The number of nitrogens with one attached hydrogen (secondary N) is 3. The quantitative estimate of drug-likeness (QED) is 0.664. The Morgan fingerprint density at radius 1 is 0.960 bits per heavy atom. The smallest absolute Gasteiger partial charge is 0.265 e. The van der Waals surface area contributed by atoms with Crippen molar-refractivity contribution in [3.63, 3.8) is 0 Å². The van der Waals surface area contributed by atoms with Crippen LogP contribution in [-0.4, -0.2) is 30.8 Å². The zero-order chi connectivity index (χ0) is 17.6. The fourth-order valence-electron chi connectivity index (χ4n) is 2.26. The molecule has 1 aromatic heterocycles. The monoisotopic (exact) mass is 357 g/mol. The number of carbonyl (C=O) groups is 3. The number of rotatable bonds is 7. The molecule has 1 saturated carbocycles. The molecule has 1 aromatic carbocycles. The standard InChI is InChI=1S/C18H19N3O3S/c22-16(12-3-4-12)19-9-10-20-17(23)13-5-7-14(8-6-13)21-18(24)15-2-1-11-25-15/h1-2,5-8,11-12H,3-4,9-10H2,(H,19,22)(H,20,23)(H,21,24). The topological polar surface area (TPSA) is 87.3 Å². The van der Waals surface area contributed by atoms with Crippen molar-refractivity contribution in [2.45, 2.75) is 12.8 Å². The Morgan fingerprint density at radius 2 is 1.68 bits per heavy atom. The van der Waals surface area contributed by atoms with E-state index >= 15 is 0 Å². The summed E-state index contributed by atoms with van der Waals surface area (Å²) in [6, 6.07) is 10.3. The minimum absolute atomic E-state index is 0.0695. The minimum atomic E-state index is -0.211. The number of thiophene rings is 1. The largest absolute Gasteiger partial charge is 0.354 e. The second-order valence-corrected chi connectivity index (χ2v) is 6.78. The molecule has 130 valence electrons. The van der Waals surface area contributed by atoms with Gasteiger partial charge in [0.15, 0.2) is 0 Å². The van der Waals surface area contributed by atoms with E-state index in [0.717, 1.165) is 12.8 Å². The van der Waals surface area contributed by atoms with Crippen LogP contribution in [0.3, 0.4) is 0 Å². The van der Waals surface area contributed by atoms with E-state index in [1.807, 2.05) is 11.4 Å². The molecule has 3 amide bonds. The Kier molecular flexibility index (Phi) is 5.45. The maximum atomic E-state index is 12.0. The summed E-state index contributed by atoms with van der Waals surface area (Å²) in [6.45, 7) is 0.810. The molecule has 0 atom stereocenters. The predicted molar refractivity (Wildman–Crippen MR) is 96.8 cm³/mol. The van der Waals surface area contributed by atoms with Crippen LogP contribution in [0.2, 0.25) is 0 Å². The molecule has 6 nitrogen and oxygen atoms in total. The van der Waals surface area contributed by atoms with Crippen LogP contribution in [0.1, 0.15) is 32.9 Å². The van der Waals surface area contributed by atoms with Crippen LogP contribution in [0.25, 0.3) is 0 Å². The van der Waals surface area contributed by atoms with Crippen LogP contribution in [0.4, 0.5) is 5.69 Å². The highest BCUT2D eigenvalue weighted by molar-refractivity contribution is 7.12. The van der Waals surface area contributed by atoms with Crippen LogP contribution in [0.15, 0.2) is 41.8 Å². The van der Waals surface area contributed by atoms with Gasteiger partial charge in [-0.1, -0.05) is 6.07 Å². The van der Waals surface area contributed by atoms with Gasteiger partial charge in [0.2, 0.25) is 5.91 Å². The number of anilines is 1. The summed E-state index contributed by atoms with van der Waals surface area (Å²) >= 11 is 1.37. The molecule has 0 unspecified atom stereocenters. The van der Waals surface area contributed by atoms with E-state index < -0.39 is 0 Å². The number of hydrogen-bond acceptors (Lipinski definition) is 4. The molecule has 25 heavy (non-hydrogen) atoms. The first-order valence-corrected chi connectivity index (χ1v) is 9.02. The van der Waals surface area contributed by atoms with E-state index in [9.17, 15) is 14.4 Å². The number of hydrogen-bond donors (Lipinski definition) is 3. The van der Waals surface area contributed by atoms with Gasteiger partial charge in [0.05, 0.1) is 4.88 Å². The highest BCUT2D eigenvalue weighted by Gasteiger charge is 2.28. The lowest BCUT2D eigenvalue weighted by Crippen LogP contribution is -2.35. The van der Waals surface area contributed by atoms with E-state index in [-0.39, 0.29) is 23.6 Å². The van der Waals surface area contributed by atoms with Crippen molar-refractivity contribution < 1.29 is 14.4 Å². The van der Waals surface area contributed by atoms with Gasteiger partial charge in [-0.15, -0.1) is 11.3 Å². The Hall–Kier alpha value is -2.67. The van der Waals surface area contributed by atoms with E-state index in [0.29, 0.717) is 29.2 Å². The zero-order valence-corrected chi connectivity index (χ0v) is 14.4. The van der Waals surface area contributed by atoms with Crippen molar-refractivity contribution in [1.82, 2.24) is 10.6 Å². The fourth-order valence-corrected chi connectivity index (χ4v) is 2.88. The normalized spacial score (nSPS) is 13.1. The maximum absolute atomic E-state index is 12.0. The lowest BCUT2D eigenvalue weighted by Gasteiger charge is -2.08. The molecule has 2 aromatic rings. The third-order valence-electron chi connectivity index (χ3n) is 3.81. The van der Waals surface area contributed by atoms with Crippen LogP contribution >= 0.6 is 11.3 Å². The zero-order valence-electron chi connectivity index (χ0n) is 13.6. The predicted octanol–water partition coefficient (Wildman–Crippen LogP) is 2.26. The van der Waals surface area contributed by atoms with Gasteiger partial charge in [0.25, 0.3) is 11.8 Å². The average molecular weight is 357 g/mol. The average Bonchev–Trinajstić information content (AvgIpc) is 3.33. The molecule has 3 rings (SSSR count). The summed E-state index contributed by atoms with van der Waals surface area (Å²) in [4.78, 5) is 36.1. The second kappa shape index (κ2) is 7.94. The number of benzene rings is 1. The van der Waals surface area contributed by atoms with Gasteiger partial charge in [-0.05, 0) is 48.6 Å². The Morgan fingerprint density at radius 3 is 2.32 bits per heavy atom. The molecule has 1 aliphatic rings. The molecule has 0 spiro atoms. The number of carbonyl (C=O) groups excluding carboxylic acids is 3.